The minimum Gasteiger partial charge on any atom is -0.302 e. The van der Waals surface area contributed by atoms with Crippen LogP contribution < -0.4 is 20.6 Å². The van der Waals surface area contributed by atoms with Gasteiger partial charge in [0.05, 0.1) is 0 Å². The molecule has 5 nitrogen and oxygen atoms in total. The fourth-order valence-corrected chi connectivity index (χ4v) is 1.24. The first-order valence-corrected chi connectivity index (χ1v) is 4.85. The summed E-state index contributed by atoms with van der Waals surface area (Å²) in [4.78, 5) is 17.3. The molecular formula is C11H12N4O+2. The van der Waals surface area contributed by atoms with Crippen LogP contribution in [0.15, 0.2) is 49.1 Å². The molecule has 2 aromatic heterocycles. The van der Waals surface area contributed by atoms with E-state index in [0.717, 1.165) is 0 Å². The van der Waals surface area contributed by atoms with Crippen molar-refractivity contribution in [2.45, 2.75) is 0 Å². The molecule has 0 aliphatic heterocycles. The Kier molecular flexibility index (Phi) is 3.08. The van der Waals surface area contributed by atoms with Gasteiger partial charge in [-0.3, -0.25) is 0 Å². The lowest BCUT2D eigenvalue weighted by atomic mass is 10.4. The number of hydrogen-bond acceptors (Lipinski definition) is 1. The zero-order chi connectivity index (χ0) is 11.2. The molecule has 0 bridgehead atoms. The molecule has 2 aromatic rings. The highest BCUT2D eigenvalue weighted by Gasteiger charge is 2.04. The molecular weight excluding hydrogens is 204 g/mol. The third-order valence-electron chi connectivity index (χ3n) is 1.93. The van der Waals surface area contributed by atoms with Crippen molar-refractivity contribution in [2.75, 3.05) is 10.6 Å². The number of rotatable bonds is 2. The Hall–Kier alpha value is -2.43. The number of pyridine rings is 2. The highest BCUT2D eigenvalue weighted by molar-refractivity contribution is 5.99. The normalized spacial score (nSPS) is 9.50. The van der Waals surface area contributed by atoms with E-state index in [4.69, 9.17) is 0 Å². The molecule has 0 aliphatic carbocycles. The number of nitrogens with one attached hydrogen (secondary N) is 4. The zero-order valence-corrected chi connectivity index (χ0v) is 8.53. The van der Waals surface area contributed by atoms with E-state index in [1.165, 1.54) is 0 Å². The van der Waals surface area contributed by atoms with Gasteiger partial charge in [-0.05, 0) is 12.1 Å². The summed E-state index contributed by atoms with van der Waals surface area (Å²) in [5, 5.41) is 5.39. The van der Waals surface area contributed by atoms with E-state index in [-0.39, 0.29) is 6.03 Å². The van der Waals surface area contributed by atoms with Gasteiger partial charge in [0.25, 0.3) is 0 Å². The van der Waals surface area contributed by atoms with Crippen LogP contribution in [-0.2, 0) is 0 Å². The minimum atomic E-state index is -0.279. The molecule has 0 aliphatic rings. The lowest BCUT2D eigenvalue weighted by molar-refractivity contribution is -0.377. The number of urea groups is 1. The largest absolute Gasteiger partial charge is 0.324 e. The molecule has 16 heavy (non-hydrogen) atoms. The molecule has 0 fully saturated rings. The van der Waals surface area contributed by atoms with Crippen molar-refractivity contribution in [3.8, 4) is 0 Å². The van der Waals surface area contributed by atoms with Crippen LogP contribution in [0.5, 0.6) is 0 Å². The number of aromatic amines is 2. The third kappa shape index (κ3) is 2.78. The molecule has 0 spiro atoms. The zero-order valence-electron chi connectivity index (χ0n) is 8.53. The second-order valence-corrected chi connectivity index (χ2v) is 3.16. The van der Waals surface area contributed by atoms with E-state index in [1.807, 2.05) is 12.1 Å². The van der Waals surface area contributed by atoms with Gasteiger partial charge in [0.2, 0.25) is 0 Å². The van der Waals surface area contributed by atoms with Crippen molar-refractivity contribution in [3.05, 3.63) is 49.1 Å². The van der Waals surface area contributed by atoms with Gasteiger partial charge >= 0.3 is 6.03 Å². The van der Waals surface area contributed by atoms with Gasteiger partial charge in [-0.25, -0.2) is 14.8 Å². The van der Waals surface area contributed by atoms with Crippen molar-refractivity contribution in [1.82, 2.24) is 0 Å². The predicted octanol–water partition coefficient (Wildman–Crippen LogP) is 0.959. The topological polar surface area (TPSA) is 69.4 Å². The summed E-state index contributed by atoms with van der Waals surface area (Å²) < 4.78 is 0. The average molecular weight is 216 g/mol. The van der Waals surface area contributed by atoms with Crippen LogP contribution >= 0.6 is 0 Å². The van der Waals surface area contributed by atoms with Gasteiger partial charge in [-0.15, -0.1) is 0 Å². The van der Waals surface area contributed by atoms with Crippen LogP contribution in [0.4, 0.5) is 16.2 Å². The molecule has 80 valence electrons. The van der Waals surface area contributed by atoms with E-state index in [1.54, 1.807) is 36.9 Å². The molecule has 0 saturated carbocycles. The van der Waals surface area contributed by atoms with Crippen LogP contribution in [0, 0.1) is 0 Å². The summed E-state index contributed by atoms with van der Waals surface area (Å²) in [6.07, 6.45) is 6.96. The minimum absolute atomic E-state index is 0.279. The standard InChI is InChI=1S/C11H10N4O/c16-11(14-9-3-1-5-12-7-9)15-10-4-2-6-13-8-10/h1-8H,(H2,14,15,16)/p+2. The number of amides is 2. The molecule has 0 saturated heterocycles. The summed E-state index contributed by atoms with van der Waals surface area (Å²) in [7, 11) is 0. The molecule has 5 heteroatoms. The van der Waals surface area contributed by atoms with E-state index < -0.39 is 0 Å². The van der Waals surface area contributed by atoms with Gasteiger partial charge in [0, 0.05) is 12.1 Å². The quantitative estimate of drug-likeness (QED) is 0.771. The Morgan fingerprint density at radius 3 is 1.81 bits per heavy atom. The number of carbonyl (C=O) groups excluding carboxylic acids is 1. The summed E-state index contributed by atoms with van der Waals surface area (Å²) in [6.45, 7) is 0. The molecule has 0 atom stereocenters. The number of H-pyrrole nitrogens is 2. The monoisotopic (exact) mass is 216 g/mol. The van der Waals surface area contributed by atoms with Crippen LogP contribution in [0.25, 0.3) is 0 Å². The number of aromatic nitrogens is 2. The highest BCUT2D eigenvalue weighted by atomic mass is 16.2. The number of hydrogen-bond donors (Lipinski definition) is 2. The van der Waals surface area contributed by atoms with Crippen molar-refractivity contribution < 1.29 is 14.8 Å². The second kappa shape index (κ2) is 4.88. The Labute approximate surface area is 92.6 Å². The van der Waals surface area contributed by atoms with E-state index >= 15 is 0 Å². The summed E-state index contributed by atoms with van der Waals surface area (Å²) in [6, 6.07) is 6.94. The summed E-state index contributed by atoms with van der Waals surface area (Å²) >= 11 is 0. The van der Waals surface area contributed by atoms with Crippen molar-refractivity contribution in [2.24, 2.45) is 0 Å². The first-order chi connectivity index (χ1) is 7.84. The van der Waals surface area contributed by atoms with Gasteiger partial charge in [0.1, 0.15) is 11.4 Å². The first-order valence-electron chi connectivity index (χ1n) is 4.85. The van der Waals surface area contributed by atoms with Gasteiger partial charge in [-0.2, -0.15) is 0 Å². The maximum Gasteiger partial charge on any atom is 0.324 e. The van der Waals surface area contributed by atoms with E-state index in [0.29, 0.717) is 11.4 Å². The van der Waals surface area contributed by atoms with E-state index in [9.17, 15) is 4.79 Å². The van der Waals surface area contributed by atoms with Crippen molar-refractivity contribution in [3.63, 3.8) is 0 Å². The fraction of sp³-hybridized carbons (Fsp3) is 0. The molecule has 2 amide bonds. The predicted molar refractivity (Wildman–Crippen MR) is 58.6 cm³/mol. The summed E-state index contributed by atoms with van der Waals surface area (Å²) in [5.74, 6) is 0. The average Bonchev–Trinajstić information content (AvgIpc) is 2.31. The fourth-order valence-electron chi connectivity index (χ4n) is 1.24. The first kappa shape index (κ1) is 10.1. The molecule has 4 N–H and O–H groups in total. The van der Waals surface area contributed by atoms with Crippen LogP contribution in [-0.4, -0.2) is 6.03 Å². The van der Waals surface area contributed by atoms with Crippen molar-refractivity contribution >= 4 is 17.4 Å². The van der Waals surface area contributed by atoms with Gasteiger partial charge in [0.15, 0.2) is 24.8 Å². The van der Waals surface area contributed by atoms with Crippen molar-refractivity contribution in [1.29, 1.82) is 0 Å². The third-order valence-corrected chi connectivity index (χ3v) is 1.93. The molecule has 0 radical (unpaired) electrons. The molecule has 0 aromatic carbocycles. The maximum atomic E-state index is 11.5. The van der Waals surface area contributed by atoms with Crippen LogP contribution in [0.1, 0.15) is 0 Å². The van der Waals surface area contributed by atoms with Crippen LogP contribution in [0.2, 0.25) is 0 Å². The smallest absolute Gasteiger partial charge is 0.302 e. The van der Waals surface area contributed by atoms with Gasteiger partial charge in [-0.1, -0.05) is 0 Å². The Balaban J connectivity index is 1.95. The summed E-state index contributed by atoms with van der Waals surface area (Å²) in [5.41, 5.74) is 1.42. The second-order valence-electron chi connectivity index (χ2n) is 3.16. The maximum absolute atomic E-state index is 11.5. The number of carbonyl (C=O) groups is 1. The Morgan fingerprint density at radius 1 is 0.938 bits per heavy atom. The lowest BCUT2D eigenvalue weighted by Gasteiger charge is -2.03. The SMILES string of the molecule is O=C(Nc1ccc[nH+]c1)Nc1ccc[nH+]c1. The highest BCUT2D eigenvalue weighted by Crippen LogP contribution is 2.04. The molecule has 2 rings (SSSR count). The van der Waals surface area contributed by atoms with E-state index in [2.05, 4.69) is 20.6 Å². The Bertz CT molecular complexity index is 414. The Morgan fingerprint density at radius 2 is 1.44 bits per heavy atom. The van der Waals surface area contributed by atoms with Crippen LogP contribution in [0.3, 0.4) is 0 Å². The van der Waals surface area contributed by atoms with Gasteiger partial charge < -0.3 is 10.6 Å². The molecule has 0 unspecified atom stereocenters. The number of anilines is 2. The lowest BCUT2D eigenvalue weighted by Crippen LogP contribution is -2.21. The molecule has 2 heterocycles.